The fourth-order valence-corrected chi connectivity index (χ4v) is 3.31. The Hall–Kier alpha value is -2.51. The largest absolute Gasteiger partial charge is 0.484 e. The summed E-state index contributed by atoms with van der Waals surface area (Å²) in [5, 5.41) is 2.73. The van der Waals surface area contributed by atoms with E-state index in [1.807, 2.05) is 11.8 Å². The number of nitrogens with zero attached hydrogens (tertiary/aromatic N) is 1. The van der Waals surface area contributed by atoms with Crippen molar-refractivity contribution in [1.82, 2.24) is 4.90 Å². The third-order valence-corrected chi connectivity index (χ3v) is 4.68. The predicted molar refractivity (Wildman–Crippen MR) is 109 cm³/mol. The first-order valence-corrected chi connectivity index (χ1v) is 9.17. The Morgan fingerprint density at radius 1 is 1.32 bits per heavy atom. The van der Waals surface area contributed by atoms with E-state index in [0.717, 1.165) is 19.3 Å². The maximum atomic E-state index is 12.6. The zero-order valence-electron chi connectivity index (χ0n) is 15.8. The molecule has 0 radical (unpaired) electrons. The number of rotatable bonds is 6. The number of benzene rings is 1. The van der Waals surface area contributed by atoms with Crippen LogP contribution in [0.2, 0.25) is 0 Å². The molecule has 1 aliphatic rings. The summed E-state index contributed by atoms with van der Waals surface area (Å²) in [6.45, 7) is 2.59. The lowest BCUT2D eigenvalue weighted by Gasteiger charge is -2.38. The van der Waals surface area contributed by atoms with Gasteiger partial charge in [0.25, 0.3) is 11.8 Å². The van der Waals surface area contributed by atoms with E-state index < -0.39 is 0 Å². The quantitative estimate of drug-likeness (QED) is 0.766. The van der Waals surface area contributed by atoms with Crippen LogP contribution in [0.15, 0.2) is 47.1 Å². The van der Waals surface area contributed by atoms with Crippen molar-refractivity contribution >= 4 is 29.9 Å². The van der Waals surface area contributed by atoms with Gasteiger partial charge in [-0.3, -0.25) is 9.59 Å². The number of carbonyl (C=O) groups is 2. The molecule has 8 heteroatoms. The van der Waals surface area contributed by atoms with Gasteiger partial charge in [0, 0.05) is 30.4 Å². The number of halogens is 1. The Morgan fingerprint density at radius 2 is 2.14 bits per heavy atom. The lowest BCUT2D eigenvalue weighted by atomic mass is 9.97. The highest BCUT2D eigenvalue weighted by Gasteiger charge is 2.29. The monoisotopic (exact) mass is 407 g/mol. The summed E-state index contributed by atoms with van der Waals surface area (Å²) in [7, 11) is 0. The molecule has 0 spiro atoms. The number of hydrogen-bond donors (Lipinski definition) is 2. The number of likely N-dealkylation sites (tertiary alicyclic amines) is 1. The van der Waals surface area contributed by atoms with Gasteiger partial charge in [-0.15, -0.1) is 12.4 Å². The number of furan rings is 1. The summed E-state index contributed by atoms with van der Waals surface area (Å²) in [5.41, 5.74) is 6.59. The molecule has 1 aliphatic heterocycles. The van der Waals surface area contributed by atoms with Crippen LogP contribution in [-0.2, 0) is 4.79 Å². The van der Waals surface area contributed by atoms with Crippen molar-refractivity contribution in [3.63, 3.8) is 0 Å². The van der Waals surface area contributed by atoms with Gasteiger partial charge in [0.1, 0.15) is 5.75 Å². The van der Waals surface area contributed by atoms with Gasteiger partial charge in [0.2, 0.25) is 0 Å². The Bertz CT molecular complexity index is 780. The zero-order chi connectivity index (χ0) is 19.2. The molecule has 0 bridgehead atoms. The molecule has 0 saturated carbocycles. The summed E-state index contributed by atoms with van der Waals surface area (Å²) in [4.78, 5) is 26.4. The van der Waals surface area contributed by atoms with Gasteiger partial charge in [-0.25, -0.2) is 0 Å². The van der Waals surface area contributed by atoms with Gasteiger partial charge in [0.05, 0.1) is 6.26 Å². The molecule has 3 rings (SSSR count). The fraction of sp³-hybridized carbons (Fsp3) is 0.400. The maximum absolute atomic E-state index is 12.6. The van der Waals surface area contributed by atoms with Crippen LogP contribution >= 0.6 is 12.4 Å². The number of nitrogens with one attached hydrogen (secondary N) is 1. The van der Waals surface area contributed by atoms with Gasteiger partial charge < -0.3 is 25.1 Å². The number of amides is 2. The maximum Gasteiger partial charge on any atom is 0.291 e. The molecule has 7 nitrogen and oxygen atoms in total. The van der Waals surface area contributed by atoms with Crippen LogP contribution in [0, 0.1) is 0 Å². The molecule has 2 aromatic rings. The minimum atomic E-state index is -0.346. The first-order valence-electron chi connectivity index (χ1n) is 9.17. The van der Waals surface area contributed by atoms with E-state index >= 15 is 0 Å². The van der Waals surface area contributed by atoms with E-state index in [2.05, 4.69) is 5.32 Å². The van der Waals surface area contributed by atoms with Gasteiger partial charge in [0.15, 0.2) is 12.4 Å². The number of carbonyl (C=O) groups excluding carboxylic acids is 2. The van der Waals surface area contributed by atoms with Gasteiger partial charge in [-0.1, -0.05) is 6.07 Å². The number of piperidine rings is 1. The van der Waals surface area contributed by atoms with Crippen LogP contribution in [0.4, 0.5) is 5.69 Å². The predicted octanol–water partition coefficient (Wildman–Crippen LogP) is 3.06. The summed E-state index contributed by atoms with van der Waals surface area (Å²) in [5.74, 6) is 0.321. The lowest BCUT2D eigenvalue weighted by molar-refractivity contribution is -0.137. The van der Waals surface area contributed by atoms with Crippen molar-refractivity contribution in [2.75, 3.05) is 18.5 Å². The van der Waals surface area contributed by atoms with E-state index in [0.29, 0.717) is 18.0 Å². The second-order valence-corrected chi connectivity index (χ2v) is 6.76. The summed E-state index contributed by atoms with van der Waals surface area (Å²) in [6, 6.07) is 10.2. The SMILES string of the molecule is CC(N)C1CCCCN1C(=O)COc1cccc(NC(=O)c2ccco2)c1.Cl. The molecule has 1 saturated heterocycles. The van der Waals surface area contributed by atoms with Crippen LogP contribution in [0.25, 0.3) is 0 Å². The average molecular weight is 408 g/mol. The van der Waals surface area contributed by atoms with E-state index in [1.165, 1.54) is 6.26 Å². The Balaban J connectivity index is 0.00000280. The second-order valence-electron chi connectivity index (χ2n) is 6.76. The molecule has 2 amide bonds. The topological polar surface area (TPSA) is 97.8 Å². The van der Waals surface area contributed by atoms with Gasteiger partial charge in [-0.05, 0) is 50.5 Å². The summed E-state index contributed by atoms with van der Waals surface area (Å²) in [6.07, 6.45) is 4.45. The Labute approximate surface area is 170 Å². The molecule has 2 atom stereocenters. The average Bonchev–Trinajstić information content (AvgIpc) is 3.21. The Morgan fingerprint density at radius 3 is 2.86 bits per heavy atom. The summed E-state index contributed by atoms with van der Waals surface area (Å²) < 4.78 is 10.7. The van der Waals surface area contributed by atoms with E-state index in [9.17, 15) is 9.59 Å². The third kappa shape index (κ3) is 5.50. The molecular formula is C20H26ClN3O4. The molecule has 2 unspecified atom stereocenters. The number of hydrogen-bond acceptors (Lipinski definition) is 5. The highest BCUT2D eigenvalue weighted by atomic mass is 35.5. The minimum Gasteiger partial charge on any atom is -0.484 e. The molecule has 3 N–H and O–H groups in total. The first kappa shape index (κ1) is 21.8. The molecule has 1 fully saturated rings. The number of anilines is 1. The van der Waals surface area contributed by atoms with Crippen molar-refractivity contribution in [3.8, 4) is 5.75 Å². The number of nitrogens with two attached hydrogens (primary N) is 1. The van der Waals surface area contributed by atoms with Crippen LogP contribution in [-0.4, -0.2) is 41.9 Å². The molecular weight excluding hydrogens is 382 g/mol. The van der Waals surface area contributed by atoms with E-state index in [-0.39, 0.29) is 48.7 Å². The number of ether oxygens (including phenoxy) is 1. The van der Waals surface area contributed by atoms with E-state index in [1.54, 1.807) is 36.4 Å². The smallest absolute Gasteiger partial charge is 0.291 e. The molecule has 28 heavy (non-hydrogen) atoms. The summed E-state index contributed by atoms with van der Waals surface area (Å²) >= 11 is 0. The molecule has 2 heterocycles. The molecule has 1 aromatic heterocycles. The van der Waals surface area contributed by atoms with Crippen molar-refractivity contribution < 1.29 is 18.7 Å². The van der Waals surface area contributed by atoms with Crippen LogP contribution in [0.3, 0.4) is 0 Å². The molecule has 1 aromatic carbocycles. The van der Waals surface area contributed by atoms with E-state index in [4.69, 9.17) is 14.9 Å². The lowest BCUT2D eigenvalue weighted by Crippen LogP contribution is -2.52. The van der Waals surface area contributed by atoms with Gasteiger partial charge in [-0.2, -0.15) is 0 Å². The van der Waals surface area contributed by atoms with Crippen molar-refractivity contribution in [2.24, 2.45) is 5.73 Å². The van der Waals surface area contributed by atoms with Crippen molar-refractivity contribution in [2.45, 2.75) is 38.3 Å². The standard InChI is InChI=1S/C20H25N3O4.ClH/c1-14(21)17-8-2-3-10-23(17)19(24)13-27-16-7-4-6-15(12-16)22-20(25)18-9-5-11-26-18;/h4-7,9,11-12,14,17H,2-3,8,10,13,21H2,1H3,(H,22,25);1H. The highest BCUT2D eigenvalue weighted by molar-refractivity contribution is 6.02. The Kier molecular flexibility index (Phi) is 7.90. The molecule has 152 valence electrons. The normalized spacial score (nSPS) is 17.4. The fourth-order valence-electron chi connectivity index (χ4n) is 3.31. The van der Waals surface area contributed by atoms with Crippen LogP contribution in [0.5, 0.6) is 5.75 Å². The molecule has 0 aliphatic carbocycles. The highest BCUT2D eigenvalue weighted by Crippen LogP contribution is 2.21. The second kappa shape index (κ2) is 10.1. The first-order chi connectivity index (χ1) is 13.0. The van der Waals surface area contributed by atoms with Gasteiger partial charge >= 0.3 is 0 Å². The minimum absolute atomic E-state index is 0. The zero-order valence-corrected chi connectivity index (χ0v) is 16.6. The van der Waals surface area contributed by atoms with Crippen LogP contribution < -0.4 is 15.8 Å². The van der Waals surface area contributed by atoms with Crippen molar-refractivity contribution in [1.29, 1.82) is 0 Å². The van der Waals surface area contributed by atoms with Crippen LogP contribution in [0.1, 0.15) is 36.7 Å². The third-order valence-electron chi connectivity index (χ3n) is 4.68. The van der Waals surface area contributed by atoms with Crippen molar-refractivity contribution in [3.05, 3.63) is 48.4 Å².